The third-order valence-electron chi connectivity index (χ3n) is 2.65. The molecule has 0 saturated carbocycles. The highest BCUT2D eigenvalue weighted by molar-refractivity contribution is 5.06. The SMILES string of the molecule is OCc1cnc(OCC2CCOCC2)cn1. The van der Waals surface area contributed by atoms with Crippen molar-refractivity contribution in [3.63, 3.8) is 0 Å². The average molecular weight is 224 g/mol. The molecule has 1 aromatic rings. The summed E-state index contributed by atoms with van der Waals surface area (Å²) in [5, 5.41) is 8.81. The highest BCUT2D eigenvalue weighted by atomic mass is 16.5. The Hall–Kier alpha value is -1.20. The van der Waals surface area contributed by atoms with Crippen LogP contribution in [-0.2, 0) is 11.3 Å². The van der Waals surface area contributed by atoms with Gasteiger partial charge < -0.3 is 14.6 Å². The summed E-state index contributed by atoms with van der Waals surface area (Å²) in [7, 11) is 0. The van der Waals surface area contributed by atoms with Gasteiger partial charge in [-0.05, 0) is 18.8 Å². The summed E-state index contributed by atoms with van der Waals surface area (Å²) in [6.45, 7) is 2.22. The van der Waals surface area contributed by atoms with Crippen LogP contribution in [0.25, 0.3) is 0 Å². The number of aromatic nitrogens is 2. The predicted molar refractivity (Wildman–Crippen MR) is 57.0 cm³/mol. The molecule has 1 aromatic heterocycles. The first kappa shape index (κ1) is 11.3. The van der Waals surface area contributed by atoms with Gasteiger partial charge in [0.05, 0.1) is 31.3 Å². The predicted octanol–water partition coefficient (Wildman–Crippen LogP) is 0.774. The molecule has 0 bridgehead atoms. The highest BCUT2D eigenvalue weighted by Gasteiger charge is 2.14. The number of aliphatic hydroxyl groups excluding tert-OH is 1. The molecular weight excluding hydrogens is 208 g/mol. The number of ether oxygens (including phenoxy) is 2. The maximum Gasteiger partial charge on any atom is 0.232 e. The zero-order valence-electron chi connectivity index (χ0n) is 9.13. The molecule has 1 N–H and O–H groups in total. The summed E-state index contributed by atoms with van der Waals surface area (Å²) in [5.74, 6) is 1.07. The Bertz CT molecular complexity index is 310. The van der Waals surface area contributed by atoms with Gasteiger partial charge in [-0.15, -0.1) is 0 Å². The molecule has 2 rings (SSSR count). The number of rotatable bonds is 4. The van der Waals surface area contributed by atoms with E-state index in [2.05, 4.69) is 9.97 Å². The molecule has 1 saturated heterocycles. The van der Waals surface area contributed by atoms with Crippen LogP contribution in [0.2, 0.25) is 0 Å². The first-order valence-electron chi connectivity index (χ1n) is 5.51. The molecule has 0 aliphatic carbocycles. The standard InChI is InChI=1S/C11H16N2O3/c14-7-10-5-13-11(6-12-10)16-8-9-1-3-15-4-2-9/h5-6,9,14H,1-4,7-8H2. The van der Waals surface area contributed by atoms with Crippen LogP contribution >= 0.6 is 0 Å². The zero-order valence-corrected chi connectivity index (χ0v) is 9.13. The molecule has 0 atom stereocenters. The molecule has 0 radical (unpaired) electrons. The molecule has 88 valence electrons. The number of aliphatic hydroxyl groups is 1. The van der Waals surface area contributed by atoms with Crippen LogP contribution in [0, 0.1) is 5.92 Å². The van der Waals surface area contributed by atoms with Gasteiger partial charge in [0.25, 0.3) is 0 Å². The van der Waals surface area contributed by atoms with Crippen molar-refractivity contribution in [1.29, 1.82) is 0 Å². The van der Waals surface area contributed by atoms with Gasteiger partial charge in [0.15, 0.2) is 0 Å². The minimum atomic E-state index is -0.0900. The molecule has 1 aliphatic rings. The normalized spacial score (nSPS) is 17.3. The Labute approximate surface area is 94.4 Å². The lowest BCUT2D eigenvalue weighted by atomic mass is 10.0. The lowest BCUT2D eigenvalue weighted by molar-refractivity contribution is 0.0489. The van der Waals surface area contributed by atoms with Crippen LogP contribution in [0.3, 0.4) is 0 Å². The third-order valence-corrected chi connectivity index (χ3v) is 2.65. The highest BCUT2D eigenvalue weighted by Crippen LogP contribution is 2.16. The van der Waals surface area contributed by atoms with Crippen molar-refractivity contribution >= 4 is 0 Å². The topological polar surface area (TPSA) is 64.5 Å². The summed E-state index contributed by atoms with van der Waals surface area (Å²) in [6.07, 6.45) is 5.16. The van der Waals surface area contributed by atoms with Gasteiger partial charge in [-0.2, -0.15) is 0 Å². The van der Waals surface area contributed by atoms with Crippen LogP contribution in [0.1, 0.15) is 18.5 Å². The second-order valence-electron chi connectivity index (χ2n) is 3.87. The lowest BCUT2D eigenvalue weighted by Gasteiger charge is -2.21. The van der Waals surface area contributed by atoms with E-state index < -0.39 is 0 Å². The fraction of sp³-hybridized carbons (Fsp3) is 0.636. The van der Waals surface area contributed by atoms with E-state index >= 15 is 0 Å². The van der Waals surface area contributed by atoms with Gasteiger partial charge in [-0.3, -0.25) is 4.98 Å². The van der Waals surface area contributed by atoms with Gasteiger partial charge in [0.2, 0.25) is 5.88 Å². The molecule has 0 spiro atoms. The van der Waals surface area contributed by atoms with Gasteiger partial charge >= 0.3 is 0 Å². The van der Waals surface area contributed by atoms with Gasteiger partial charge in [0.1, 0.15) is 0 Å². The molecule has 1 aliphatic heterocycles. The van der Waals surface area contributed by atoms with Crippen molar-refractivity contribution in [3.05, 3.63) is 18.1 Å². The fourth-order valence-electron chi connectivity index (χ4n) is 1.62. The Balaban J connectivity index is 1.79. The first-order chi connectivity index (χ1) is 7.88. The second kappa shape index (κ2) is 5.77. The van der Waals surface area contributed by atoms with E-state index in [9.17, 15) is 0 Å². The first-order valence-corrected chi connectivity index (χ1v) is 5.51. The summed E-state index contributed by atoms with van der Waals surface area (Å²) >= 11 is 0. The Morgan fingerprint density at radius 1 is 1.31 bits per heavy atom. The molecule has 2 heterocycles. The van der Waals surface area contributed by atoms with Gasteiger partial charge in [0, 0.05) is 13.2 Å². The summed E-state index contributed by atoms with van der Waals surface area (Å²) in [6, 6.07) is 0. The largest absolute Gasteiger partial charge is 0.476 e. The Morgan fingerprint density at radius 3 is 2.75 bits per heavy atom. The zero-order chi connectivity index (χ0) is 11.2. The molecular formula is C11H16N2O3. The lowest BCUT2D eigenvalue weighted by Crippen LogP contribution is -2.21. The van der Waals surface area contributed by atoms with Crippen molar-refractivity contribution in [2.24, 2.45) is 5.92 Å². The van der Waals surface area contributed by atoms with E-state index in [0.717, 1.165) is 26.1 Å². The van der Waals surface area contributed by atoms with E-state index in [1.54, 1.807) is 6.20 Å². The van der Waals surface area contributed by atoms with Crippen molar-refractivity contribution in [1.82, 2.24) is 9.97 Å². The van der Waals surface area contributed by atoms with Crippen molar-refractivity contribution in [2.75, 3.05) is 19.8 Å². The summed E-state index contributed by atoms with van der Waals surface area (Å²) in [5.41, 5.74) is 0.554. The molecule has 0 unspecified atom stereocenters. The Kier molecular flexibility index (Phi) is 4.07. The van der Waals surface area contributed by atoms with Crippen molar-refractivity contribution in [2.45, 2.75) is 19.4 Å². The van der Waals surface area contributed by atoms with E-state index in [4.69, 9.17) is 14.6 Å². The quantitative estimate of drug-likeness (QED) is 0.818. The number of hydrogen-bond acceptors (Lipinski definition) is 5. The van der Waals surface area contributed by atoms with Crippen LogP contribution in [0.4, 0.5) is 0 Å². The smallest absolute Gasteiger partial charge is 0.232 e. The van der Waals surface area contributed by atoms with Crippen LogP contribution in [-0.4, -0.2) is 34.9 Å². The Morgan fingerprint density at radius 2 is 2.12 bits per heavy atom. The van der Waals surface area contributed by atoms with E-state index in [1.165, 1.54) is 6.20 Å². The molecule has 5 nitrogen and oxygen atoms in total. The second-order valence-corrected chi connectivity index (χ2v) is 3.87. The molecule has 0 aromatic carbocycles. The molecule has 16 heavy (non-hydrogen) atoms. The van der Waals surface area contributed by atoms with E-state index in [0.29, 0.717) is 24.1 Å². The van der Waals surface area contributed by atoms with Crippen LogP contribution in [0.15, 0.2) is 12.4 Å². The average Bonchev–Trinajstić information content (AvgIpc) is 2.38. The maximum atomic E-state index is 8.81. The molecule has 5 heteroatoms. The minimum Gasteiger partial charge on any atom is -0.476 e. The van der Waals surface area contributed by atoms with E-state index in [-0.39, 0.29) is 6.61 Å². The van der Waals surface area contributed by atoms with E-state index in [1.807, 2.05) is 0 Å². The number of hydrogen-bond donors (Lipinski definition) is 1. The summed E-state index contributed by atoms with van der Waals surface area (Å²) in [4.78, 5) is 8.06. The molecule has 0 amide bonds. The van der Waals surface area contributed by atoms with Crippen molar-refractivity contribution in [3.8, 4) is 5.88 Å². The van der Waals surface area contributed by atoms with Gasteiger partial charge in [-0.25, -0.2) is 4.98 Å². The van der Waals surface area contributed by atoms with Crippen molar-refractivity contribution < 1.29 is 14.6 Å². The van der Waals surface area contributed by atoms with Gasteiger partial charge in [-0.1, -0.05) is 0 Å². The third kappa shape index (κ3) is 3.15. The fourth-order valence-corrected chi connectivity index (χ4v) is 1.62. The van der Waals surface area contributed by atoms with Crippen LogP contribution < -0.4 is 4.74 Å². The number of nitrogens with zero attached hydrogens (tertiary/aromatic N) is 2. The minimum absolute atomic E-state index is 0.0900. The maximum absolute atomic E-state index is 8.81. The monoisotopic (exact) mass is 224 g/mol. The molecule has 1 fully saturated rings. The summed E-state index contributed by atoms with van der Waals surface area (Å²) < 4.78 is 10.8. The van der Waals surface area contributed by atoms with Crippen LogP contribution in [0.5, 0.6) is 5.88 Å².